The maximum Gasteiger partial charge on any atom is 0.318 e. The number of benzene rings is 3. The van der Waals surface area contributed by atoms with Crippen LogP contribution in [-0.4, -0.2) is 33.4 Å². The topological polar surface area (TPSA) is 142 Å². The highest BCUT2D eigenvalue weighted by Crippen LogP contribution is 2.56. The second kappa shape index (κ2) is 13.3. The lowest BCUT2D eigenvalue weighted by Crippen LogP contribution is -2.44. The van der Waals surface area contributed by atoms with Gasteiger partial charge in [0, 0.05) is 59.5 Å². The number of nitro benzene ring substituents is 2. The number of hydrogen-bond acceptors (Lipinski definition) is 9. The van der Waals surface area contributed by atoms with Crippen LogP contribution in [0.1, 0.15) is 76.0 Å². The molecular formula is C40H41N3O8. The maximum absolute atomic E-state index is 14.4. The van der Waals surface area contributed by atoms with Gasteiger partial charge in [-0.2, -0.15) is 0 Å². The summed E-state index contributed by atoms with van der Waals surface area (Å²) in [5, 5.41) is 23.3. The molecule has 2 aliphatic carbocycles. The van der Waals surface area contributed by atoms with Gasteiger partial charge in [-0.25, -0.2) is 0 Å². The minimum absolute atomic E-state index is 0.0143. The van der Waals surface area contributed by atoms with Crippen molar-refractivity contribution in [2.45, 2.75) is 72.3 Å². The van der Waals surface area contributed by atoms with Crippen molar-refractivity contribution in [3.8, 4) is 17.2 Å². The predicted octanol–water partition coefficient (Wildman–Crippen LogP) is 8.92. The molecule has 6 rings (SSSR count). The zero-order valence-electron chi connectivity index (χ0n) is 29.5. The summed E-state index contributed by atoms with van der Waals surface area (Å²) in [6.07, 6.45) is 3.84. The van der Waals surface area contributed by atoms with E-state index in [1.807, 2.05) is 24.3 Å². The zero-order valence-corrected chi connectivity index (χ0v) is 29.5. The molecule has 3 aromatic rings. The Hall–Kier alpha value is -5.58. The Bertz CT molecular complexity index is 1990. The van der Waals surface area contributed by atoms with Gasteiger partial charge in [-0.05, 0) is 53.4 Å². The van der Waals surface area contributed by atoms with Gasteiger partial charge in [0.1, 0.15) is 0 Å². The average Bonchev–Trinajstić information content (AvgIpc) is 3.05. The van der Waals surface area contributed by atoms with Crippen LogP contribution in [0.2, 0.25) is 0 Å². The highest BCUT2D eigenvalue weighted by atomic mass is 16.6. The van der Waals surface area contributed by atoms with Crippen LogP contribution in [0.15, 0.2) is 95.9 Å². The molecule has 0 saturated heterocycles. The summed E-state index contributed by atoms with van der Waals surface area (Å²) in [4.78, 5) is 52.8. The minimum Gasteiger partial charge on any atom is -0.493 e. The van der Waals surface area contributed by atoms with Crippen molar-refractivity contribution < 1.29 is 28.9 Å². The first-order valence-corrected chi connectivity index (χ1v) is 16.9. The number of allylic oxidation sites excluding steroid dienone is 5. The van der Waals surface area contributed by atoms with Gasteiger partial charge in [0.05, 0.1) is 23.0 Å². The van der Waals surface area contributed by atoms with Crippen LogP contribution in [0.25, 0.3) is 0 Å². The quantitative estimate of drug-likeness (QED) is 0.116. The normalized spacial score (nSPS) is 18.3. The third kappa shape index (κ3) is 6.80. The van der Waals surface area contributed by atoms with Gasteiger partial charge in [0.25, 0.3) is 5.69 Å². The van der Waals surface area contributed by atoms with E-state index in [9.17, 15) is 29.8 Å². The number of rotatable bonds is 10. The van der Waals surface area contributed by atoms with E-state index in [-0.39, 0.29) is 46.1 Å². The molecule has 3 aliphatic rings. The molecule has 1 heterocycles. The fraction of sp³-hybridized carbons (Fsp3) is 0.350. The number of Topliss-reactive ketones (excluding diaryl/α,β-unsaturated/α-hetero) is 2. The molecule has 0 atom stereocenters. The van der Waals surface area contributed by atoms with E-state index in [0.717, 1.165) is 29.1 Å². The molecule has 11 nitrogen and oxygen atoms in total. The van der Waals surface area contributed by atoms with Crippen molar-refractivity contribution in [2.24, 2.45) is 10.8 Å². The molecule has 0 amide bonds. The summed E-state index contributed by atoms with van der Waals surface area (Å²) >= 11 is 0. The number of hydrogen-bond donors (Lipinski definition) is 0. The molecule has 11 heteroatoms. The van der Waals surface area contributed by atoms with E-state index in [0.29, 0.717) is 54.5 Å². The lowest BCUT2D eigenvalue weighted by atomic mass is 9.63. The summed E-state index contributed by atoms with van der Waals surface area (Å²) in [6.45, 7) is 12.8. The van der Waals surface area contributed by atoms with Crippen molar-refractivity contribution in [1.29, 1.82) is 0 Å². The summed E-state index contributed by atoms with van der Waals surface area (Å²) in [5.41, 5.74) is 3.68. The van der Waals surface area contributed by atoms with E-state index in [4.69, 9.17) is 9.47 Å². The summed E-state index contributed by atoms with van der Waals surface area (Å²) < 4.78 is 12.0. The second-order valence-electron chi connectivity index (χ2n) is 15.1. The van der Waals surface area contributed by atoms with Crippen LogP contribution < -0.4 is 9.47 Å². The van der Waals surface area contributed by atoms with Gasteiger partial charge in [0.15, 0.2) is 23.1 Å². The number of non-ortho nitro benzene ring substituents is 1. The maximum atomic E-state index is 14.4. The van der Waals surface area contributed by atoms with Crippen LogP contribution in [0.5, 0.6) is 17.2 Å². The lowest BCUT2D eigenvalue weighted by Gasteiger charge is -2.49. The van der Waals surface area contributed by atoms with E-state index >= 15 is 0 Å². The molecule has 1 aliphatic heterocycles. The molecule has 0 spiro atoms. The summed E-state index contributed by atoms with van der Waals surface area (Å²) in [6, 6.07) is 16.8. The third-order valence-electron chi connectivity index (χ3n) is 9.84. The molecule has 0 saturated carbocycles. The largest absolute Gasteiger partial charge is 0.493 e. The fourth-order valence-corrected chi connectivity index (χ4v) is 7.72. The number of carbonyl (C=O) groups is 2. The van der Waals surface area contributed by atoms with Crippen LogP contribution in [0.4, 0.5) is 11.4 Å². The molecular weight excluding hydrogens is 650 g/mol. The molecule has 0 fully saturated rings. The van der Waals surface area contributed by atoms with Gasteiger partial charge >= 0.3 is 5.69 Å². The molecule has 0 bridgehead atoms. The van der Waals surface area contributed by atoms with Crippen molar-refractivity contribution >= 4 is 22.9 Å². The highest BCUT2D eigenvalue weighted by molar-refractivity contribution is 6.07. The second-order valence-corrected chi connectivity index (χ2v) is 15.1. The van der Waals surface area contributed by atoms with E-state index in [1.54, 1.807) is 12.1 Å². The van der Waals surface area contributed by atoms with Crippen LogP contribution in [0.3, 0.4) is 0 Å². The van der Waals surface area contributed by atoms with Crippen LogP contribution in [-0.2, 0) is 22.6 Å². The minimum atomic E-state index is -0.742. The fourth-order valence-electron chi connectivity index (χ4n) is 7.72. The highest BCUT2D eigenvalue weighted by Gasteiger charge is 2.49. The smallest absolute Gasteiger partial charge is 0.318 e. The number of nitrogens with zero attached hydrogens (tertiary/aromatic N) is 3. The summed E-state index contributed by atoms with van der Waals surface area (Å²) in [7, 11) is 1.44. The number of nitro groups is 2. The van der Waals surface area contributed by atoms with Crippen LogP contribution >= 0.6 is 0 Å². The Morgan fingerprint density at radius 1 is 0.843 bits per heavy atom. The molecule has 51 heavy (non-hydrogen) atoms. The standard InChI is InChI=1S/C40H41N3O8/c1-7-11-25-16-26(17-34(50-6)38(25)51-33-15-14-27(42(46)47)18-28(33)43(48)49)35-36-29(19-39(2,3)21-31(36)44)41(23-24-12-9-8-10-13-24)30-20-40(4,5)22-32(45)37(30)35/h7-10,12-18,35H,1,11,19-23H2,2-6H3. The Labute approximate surface area is 296 Å². The van der Waals surface area contributed by atoms with E-state index < -0.39 is 27.1 Å². The van der Waals surface area contributed by atoms with E-state index in [2.05, 4.69) is 51.3 Å². The lowest BCUT2D eigenvalue weighted by molar-refractivity contribution is -0.394. The SMILES string of the molecule is C=CCc1cc(C2C3=C(CC(C)(C)CC3=O)N(Cc3ccccc3)C3=C2C(=O)CC(C)(C)C3)cc(OC)c1Oc1ccc([N+](=O)[O-])cc1[N+](=O)[O-]. The van der Waals surface area contributed by atoms with Gasteiger partial charge < -0.3 is 14.4 Å². The Balaban J connectivity index is 1.57. The Kier molecular flexibility index (Phi) is 9.18. The number of ether oxygens (including phenoxy) is 2. The first kappa shape index (κ1) is 35.3. The van der Waals surface area contributed by atoms with E-state index in [1.165, 1.54) is 13.2 Å². The Morgan fingerprint density at radius 2 is 1.45 bits per heavy atom. The average molecular weight is 692 g/mol. The van der Waals surface area contributed by atoms with Crippen molar-refractivity contribution in [1.82, 2.24) is 4.90 Å². The molecule has 0 N–H and O–H groups in total. The number of ketones is 2. The van der Waals surface area contributed by atoms with Crippen LogP contribution in [0, 0.1) is 31.1 Å². The Morgan fingerprint density at radius 3 is 1.98 bits per heavy atom. The molecule has 0 unspecified atom stereocenters. The molecule has 264 valence electrons. The predicted molar refractivity (Wildman–Crippen MR) is 192 cm³/mol. The molecule has 0 aromatic heterocycles. The molecule has 3 aromatic carbocycles. The summed E-state index contributed by atoms with van der Waals surface area (Å²) in [5.74, 6) is -0.524. The first-order valence-electron chi connectivity index (χ1n) is 16.9. The first-order chi connectivity index (χ1) is 24.1. The number of methoxy groups -OCH3 is 1. The van der Waals surface area contributed by atoms with Crippen molar-refractivity contribution in [3.05, 3.63) is 133 Å². The molecule has 0 radical (unpaired) electrons. The van der Waals surface area contributed by atoms with Gasteiger partial charge in [-0.1, -0.05) is 70.2 Å². The van der Waals surface area contributed by atoms with Crippen molar-refractivity contribution in [3.63, 3.8) is 0 Å². The van der Waals surface area contributed by atoms with Gasteiger partial charge in [0.2, 0.25) is 5.75 Å². The van der Waals surface area contributed by atoms with Gasteiger partial charge in [-0.15, -0.1) is 6.58 Å². The monoisotopic (exact) mass is 691 g/mol. The van der Waals surface area contributed by atoms with Gasteiger partial charge in [-0.3, -0.25) is 29.8 Å². The third-order valence-corrected chi connectivity index (χ3v) is 9.84. The zero-order chi connectivity index (χ0) is 36.8. The van der Waals surface area contributed by atoms with Crippen molar-refractivity contribution in [2.75, 3.05) is 7.11 Å². The number of carbonyl (C=O) groups excluding carboxylic acids is 2.